The van der Waals surface area contributed by atoms with Crippen LogP contribution in [0.25, 0.3) is 0 Å². The van der Waals surface area contributed by atoms with Crippen LogP contribution in [0.4, 0.5) is 13.6 Å². The van der Waals surface area contributed by atoms with E-state index in [0.717, 1.165) is 37.7 Å². The molecule has 4 rings (SSSR count). The number of ether oxygens (including phenoxy) is 4. The van der Waals surface area contributed by atoms with Crippen molar-refractivity contribution in [1.29, 1.82) is 0 Å². The molecule has 2 saturated heterocycles. The van der Waals surface area contributed by atoms with Gasteiger partial charge < -0.3 is 23.8 Å². The average molecular weight is 439 g/mol. The van der Waals surface area contributed by atoms with E-state index in [1.54, 1.807) is 17.0 Å². The normalized spacial score (nSPS) is 25.5. The molecular formula is C23H31F2NO5. The zero-order chi connectivity index (χ0) is 22.3. The van der Waals surface area contributed by atoms with Crippen molar-refractivity contribution >= 4 is 6.09 Å². The van der Waals surface area contributed by atoms with Crippen molar-refractivity contribution < 1.29 is 32.5 Å². The van der Waals surface area contributed by atoms with E-state index < -0.39 is 18.0 Å². The van der Waals surface area contributed by atoms with Gasteiger partial charge in [-0.05, 0) is 37.5 Å². The van der Waals surface area contributed by atoms with E-state index in [4.69, 9.17) is 14.2 Å². The Balaban J connectivity index is 1.34. The van der Waals surface area contributed by atoms with Crippen LogP contribution in [0.5, 0.6) is 5.75 Å². The van der Waals surface area contributed by atoms with E-state index in [1.165, 1.54) is 12.1 Å². The van der Waals surface area contributed by atoms with Gasteiger partial charge in [0.1, 0.15) is 11.4 Å². The van der Waals surface area contributed by atoms with Crippen LogP contribution in [0.1, 0.15) is 64.5 Å². The fourth-order valence-electron chi connectivity index (χ4n) is 4.63. The Hall–Kier alpha value is -1.93. The predicted octanol–water partition coefficient (Wildman–Crippen LogP) is 5.27. The molecule has 0 unspecified atom stereocenters. The maximum atomic E-state index is 12.9. The number of benzene rings is 1. The molecule has 1 amide bonds. The molecule has 1 saturated carbocycles. The summed E-state index contributed by atoms with van der Waals surface area (Å²) in [5.74, 6) is -0.447. The molecule has 2 heterocycles. The molecule has 3 fully saturated rings. The number of nitrogens with zero attached hydrogens (tertiary/aromatic N) is 1. The molecule has 1 atom stereocenters. The highest BCUT2D eigenvalue weighted by Crippen LogP contribution is 2.47. The summed E-state index contributed by atoms with van der Waals surface area (Å²) in [6.45, 7) is 5.23. The summed E-state index contributed by atoms with van der Waals surface area (Å²) in [7, 11) is 0. The van der Waals surface area contributed by atoms with Crippen molar-refractivity contribution in [2.75, 3.05) is 19.8 Å². The summed E-state index contributed by atoms with van der Waals surface area (Å²) >= 11 is 0. The summed E-state index contributed by atoms with van der Waals surface area (Å²) in [6.07, 6.45) is 3.29. The lowest BCUT2D eigenvalue weighted by molar-refractivity contribution is -0.320. The van der Waals surface area contributed by atoms with E-state index in [9.17, 15) is 13.6 Å². The van der Waals surface area contributed by atoms with Gasteiger partial charge in [0.15, 0.2) is 5.79 Å². The van der Waals surface area contributed by atoms with Gasteiger partial charge in [-0.1, -0.05) is 26.0 Å². The van der Waals surface area contributed by atoms with Crippen LogP contribution in [-0.4, -0.2) is 48.8 Å². The number of halogens is 2. The predicted molar refractivity (Wildman–Crippen MR) is 109 cm³/mol. The molecule has 0 aromatic heterocycles. The standard InChI is InChI=1S/C23H31F2NO5/c1-16(17-4-6-18(7-5-17)30-19(24)25)26-13-12-22(31-20(26)27)8-10-23(11-9-22)28-14-21(2,3)15-29-23/h4-7,16,19H,8-15H2,1-3H3/t16-/m0/s1. The lowest BCUT2D eigenvalue weighted by atomic mass is 9.77. The third-order valence-corrected chi connectivity index (χ3v) is 6.78. The van der Waals surface area contributed by atoms with E-state index in [-0.39, 0.29) is 23.3 Å². The molecule has 1 aromatic rings. The molecule has 172 valence electrons. The summed E-state index contributed by atoms with van der Waals surface area (Å²) in [5, 5.41) is 0. The van der Waals surface area contributed by atoms with Gasteiger partial charge in [-0.15, -0.1) is 0 Å². The van der Waals surface area contributed by atoms with E-state index >= 15 is 0 Å². The summed E-state index contributed by atoms with van der Waals surface area (Å²) < 4.78 is 47.2. The number of carbonyl (C=O) groups is 1. The zero-order valence-corrected chi connectivity index (χ0v) is 18.4. The Bertz CT molecular complexity index is 778. The molecule has 8 heteroatoms. The number of rotatable bonds is 4. The highest BCUT2D eigenvalue weighted by Gasteiger charge is 2.51. The maximum Gasteiger partial charge on any atom is 0.410 e. The molecule has 1 aliphatic carbocycles. The first kappa shape index (κ1) is 22.3. The van der Waals surface area contributed by atoms with Gasteiger partial charge in [0.05, 0.1) is 19.3 Å². The minimum Gasteiger partial charge on any atom is -0.443 e. The number of carbonyl (C=O) groups excluding carboxylic acids is 1. The molecule has 0 bridgehead atoms. The van der Waals surface area contributed by atoms with Crippen molar-refractivity contribution in [3.63, 3.8) is 0 Å². The minimum absolute atomic E-state index is 0.0259. The van der Waals surface area contributed by atoms with Crippen LogP contribution in [0.15, 0.2) is 24.3 Å². The van der Waals surface area contributed by atoms with Gasteiger partial charge in [-0.3, -0.25) is 0 Å². The van der Waals surface area contributed by atoms with E-state index in [0.29, 0.717) is 19.8 Å². The van der Waals surface area contributed by atoms with Crippen LogP contribution in [0.3, 0.4) is 0 Å². The van der Waals surface area contributed by atoms with Crippen molar-refractivity contribution in [2.24, 2.45) is 5.41 Å². The monoisotopic (exact) mass is 439 g/mol. The van der Waals surface area contributed by atoms with Crippen LogP contribution in [-0.2, 0) is 14.2 Å². The first-order valence-electron chi connectivity index (χ1n) is 10.9. The molecular weight excluding hydrogens is 408 g/mol. The largest absolute Gasteiger partial charge is 0.443 e. The molecule has 31 heavy (non-hydrogen) atoms. The third-order valence-electron chi connectivity index (χ3n) is 6.78. The van der Waals surface area contributed by atoms with Gasteiger partial charge in [0.25, 0.3) is 0 Å². The summed E-state index contributed by atoms with van der Waals surface area (Å²) in [5.41, 5.74) is 0.398. The summed E-state index contributed by atoms with van der Waals surface area (Å²) in [4.78, 5) is 14.6. The highest BCUT2D eigenvalue weighted by molar-refractivity contribution is 5.70. The minimum atomic E-state index is -2.86. The van der Waals surface area contributed by atoms with Gasteiger partial charge in [0, 0.05) is 31.2 Å². The average Bonchev–Trinajstić information content (AvgIpc) is 2.73. The Morgan fingerprint density at radius 3 is 2.16 bits per heavy atom. The third kappa shape index (κ3) is 4.80. The first-order chi connectivity index (χ1) is 14.6. The van der Waals surface area contributed by atoms with Crippen molar-refractivity contribution in [3.8, 4) is 5.75 Å². The second-order valence-corrected chi connectivity index (χ2v) is 9.77. The molecule has 2 spiro atoms. The first-order valence-corrected chi connectivity index (χ1v) is 10.9. The van der Waals surface area contributed by atoms with Crippen molar-refractivity contribution in [1.82, 2.24) is 4.90 Å². The highest BCUT2D eigenvalue weighted by atomic mass is 19.3. The Labute approximate surface area is 181 Å². The van der Waals surface area contributed by atoms with Crippen molar-refractivity contribution in [3.05, 3.63) is 29.8 Å². The SMILES string of the molecule is C[C@@H](c1ccc(OC(F)F)cc1)N1CCC2(CCC3(CC2)OCC(C)(C)CO3)OC1=O. The quantitative estimate of drug-likeness (QED) is 0.639. The fraction of sp³-hybridized carbons (Fsp3) is 0.696. The zero-order valence-electron chi connectivity index (χ0n) is 18.4. The molecule has 0 N–H and O–H groups in total. The van der Waals surface area contributed by atoms with Crippen molar-refractivity contribution in [2.45, 2.75) is 76.9 Å². The molecule has 0 radical (unpaired) electrons. The molecule has 6 nitrogen and oxygen atoms in total. The fourth-order valence-corrected chi connectivity index (χ4v) is 4.63. The lowest BCUT2D eigenvalue weighted by Crippen LogP contribution is -2.56. The van der Waals surface area contributed by atoms with Crippen LogP contribution in [0, 0.1) is 5.41 Å². The van der Waals surface area contributed by atoms with Gasteiger partial charge in [-0.25, -0.2) is 4.79 Å². The molecule has 1 aromatic carbocycles. The Morgan fingerprint density at radius 1 is 1.00 bits per heavy atom. The van der Waals surface area contributed by atoms with Crippen LogP contribution < -0.4 is 4.74 Å². The Morgan fingerprint density at radius 2 is 1.61 bits per heavy atom. The van der Waals surface area contributed by atoms with Gasteiger partial charge in [-0.2, -0.15) is 8.78 Å². The Kier molecular flexibility index (Phi) is 5.89. The second-order valence-electron chi connectivity index (χ2n) is 9.77. The van der Waals surface area contributed by atoms with E-state index in [1.807, 2.05) is 6.92 Å². The number of hydrogen-bond donors (Lipinski definition) is 0. The molecule has 3 aliphatic rings. The number of hydrogen-bond acceptors (Lipinski definition) is 5. The van der Waals surface area contributed by atoms with Gasteiger partial charge in [0.2, 0.25) is 0 Å². The smallest absolute Gasteiger partial charge is 0.410 e. The maximum absolute atomic E-state index is 12.9. The van der Waals surface area contributed by atoms with E-state index in [2.05, 4.69) is 18.6 Å². The number of alkyl halides is 2. The second kappa shape index (κ2) is 8.20. The van der Waals surface area contributed by atoms with Gasteiger partial charge >= 0.3 is 12.7 Å². The molecule has 2 aliphatic heterocycles. The number of amides is 1. The van der Waals surface area contributed by atoms with Crippen LogP contribution in [0.2, 0.25) is 0 Å². The topological polar surface area (TPSA) is 57.2 Å². The van der Waals surface area contributed by atoms with Crippen LogP contribution >= 0.6 is 0 Å². The summed E-state index contributed by atoms with van der Waals surface area (Å²) in [6, 6.07) is 6.14. The lowest BCUT2D eigenvalue weighted by Gasteiger charge is -2.51.